The number of amides is 1. The van der Waals surface area contributed by atoms with Gasteiger partial charge >= 0.3 is 0 Å². The summed E-state index contributed by atoms with van der Waals surface area (Å²) in [5.74, 6) is -0.0111. The lowest BCUT2D eigenvalue weighted by atomic mass is 10.1. The molecule has 7 nitrogen and oxygen atoms in total. The number of ether oxygens (including phenoxy) is 3. The molecule has 0 bridgehead atoms. The zero-order valence-electron chi connectivity index (χ0n) is 18.4. The number of anilines is 1. The van der Waals surface area contributed by atoms with Crippen molar-refractivity contribution < 1.29 is 29.2 Å². The largest absolute Gasteiger partial charge is 0.392 e. The molecule has 0 aromatic heterocycles. The number of carbonyl (C=O) groups is 1. The Morgan fingerprint density at radius 3 is 2.27 bits per heavy atom. The summed E-state index contributed by atoms with van der Waals surface area (Å²) in [6.45, 7) is 5.70. The SMILES string of the molecule is COCOCCOCCN(C(=O)CCC(C)(C)SSC)c1cc(CO)cc(CO)c1. The molecule has 30 heavy (non-hydrogen) atoms. The molecule has 0 heterocycles. The third-order valence-electron chi connectivity index (χ3n) is 4.30. The first kappa shape index (κ1) is 27.2. The van der Waals surface area contributed by atoms with Crippen molar-refractivity contribution >= 4 is 33.2 Å². The summed E-state index contributed by atoms with van der Waals surface area (Å²) in [6, 6.07) is 5.29. The van der Waals surface area contributed by atoms with Gasteiger partial charge in [-0.1, -0.05) is 27.7 Å². The van der Waals surface area contributed by atoms with Gasteiger partial charge in [-0.25, -0.2) is 0 Å². The van der Waals surface area contributed by atoms with E-state index in [0.29, 0.717) is 49.6 Å². The summed E-state index contributed by atoms with van der Waals surface area (Å²) in [7, 11) is 5.01. The zero-order valence-corrected chi connectivity index (χ0v) is 20.0. The van der Waals surface area contributed by atoms with Crippen molar-refractivity contribution in [1.29, 1.82) is 0 Å². The number of carbonyl (C=O) groups excluding carboxylic acids is 1. The highest BCUT2D eigenvalue weighted by Crippen LogP contribution is 2.37. The summed E-state index contributed by atoms with van der Waals surface area (Å²) in [6.07, 6.45) is 3.17. The summed E-state index contributed by atoms with van der Waals surface area (Å²) in [5, 5.41) is 19.1. The third kappa shape index (κ3) is 10.5. The molecule has 9 heteroatoms. The molecule has 0 aliphatic heterocycles. The molecule has 1 aromatic rings. The number of benzene rings is 1. The van der Waals surface area contributed by atoms with E-state index in [1.165, 1.54) is 0 Å². The number of methoxy groups -OCH3 is 1. The van der Waals surface area contributed by atoms with E-state index >= 15 is 0 Å². The first-order valence-corrected chi connectivity index (χ1v) is 12.4. The molecule has 0 saturated carbocycles. The fraction of sp³-hybridized carbons (Fsp3) is 0.667. The standard InChI is InChI=1S/C21H35NO6S2/c1-21(2,30-29-4)6-5-20(25)22(7-8-27-9-10-28-16-26-3)19-12-17(14-23)11-18(13-19)15-24/h11-13,23-24H,5-10,14-16H2,1-4H3. The second-order valence-corrected chi connectivity index (χ2v) is 10.4. The quantitative estimate of drug-likeness (QED) is 0.220. The lowest BCUT2D eigenvalue weighted by Crippen LogP contribution is -2.35. The van der Waals surface area contributed by atoms with Gasteiger partial charge in [-0.05, 0) is 49.8 Å². The van der Waals surface area contributed by atoms with Crippen molar-refractivity contribution in [2.75, 3.05) is 51.4 Å². The Bertz CT molecular complexity index is 607. The van der Waals surface area contributed by atoms with Crippen LogP contribution >= 0.6 is 21.6 Å². The first-order chi connectivity index (χ1) is 14.4. The Labute approximate surface area is 187 Å². The second-order valence-electron chi connectivity index (χ2n) is 7.31. The molecule has 0 aliphatic rings. The lowest BCUT2D eigenvalue weighted by molar-refractivity contribution is -0.119. The highest BCUT2D eigenvalue weighted by atomic mass is 33.1. The van der Waals surface area contributed by atoms with Crippen LogP contribution in [0.4, 0.5) is 5.69 Å². The molecule has 1 amide bonds. The Morgan fingerprint density at radius 1 is 1.07 bits per heavy atom. The zero-order chi connectivity index (χ0) is 22.4. The van der Waals surface area contributed by atoms with E-state index in [4.69, 9.17) is 14.2 Å². The smallest absolute Gasteiger partial charge is 0.227 e. The molecule has 0 radical (unpaired) electrons. The molecule has 2 N–H and O–H groups in total. The van der Waals surface area contributed by atoms with Gasteiger partial charge in [0.15, 0.2) is 0 Å². The average molecular weight is 462 g/mol. The summed E-state index contributed by atoms with van der Waals surface area (Å²) in [4.78, 5) is 14.8. The van der Waals surface area contributed by atoms with E-state index in [0.717, 1.165) is 6.42 Å². The first-order valence-electron chi connectivity index (χ1n) is 9.88. The molecular weight excluding hydrogens is 426 g/mol. The van der Waals surface area contributed by atoms with Crippen LogP contribution in [0, 0.1) is 0 Å². The number of hydrogen-bond donors (Lipinski definition) is 2. The van der Waals surface area contributed by atoms with Crippen molar-refractivity contribution in [2.24, 2.45) is 0 Å². The minimum absolute atomic E-state index is 0.0111. The number of hydrogen-bond acceptors (Lipinski definition) is 8. The van der Waals surface area contributed by atoms with Gasteiger partial charge in [0.25, 0.3) is 0 Å². The topological polar surface area (TPSA) is 88.5 Å². The molecule has 0 fully saturated rings. The molecule has 0 atom stereocenters. The molecular formula is C21H35NO6S2. The number of aliphatic hydroxyl groups is 2. The Morgan fingerprint density at radius 2 is 1.70 bits per heavy atom. The number of aliphatic hydroxyl groups excluding tert-OH is 2. The van der Waals surface area contributed by atoms with Crippen LogP contribution in [0.5, 0.6) is 0 Å². The fourth-order valence-electron chi connectivity index (χ4n) is 2.81. The number of rotatable bonds is 16. The van der Waals surface area contributed by atoms with E-state index in [1.807, 2.05) is 6.26 Å². The van der Waals surface area contributed by atoms with Gasteiger partial charge in [-0.2, -0.15) is 0 Å². The monoisotopic (exact) mass is 461 g/mol. The van der Waals surface area contributed by atoms with E-state index < -0.39 is 0 Å². The Kier molecular flexibility index (Phi) is 13.7. The van der Waals surface area contributed by atoms with Crippen LogP contribution in [0.25, 0.3) is 0 Å². The van der Waals surface area contributed by atoms with E-state index in [2.05, 4.69) is 13.8 Å². The Hall–Kier alpha value is -0.810. The molecule has 172 valence electrons. The van der Waals surface area contributed by atoms with E-state index in [-0.39, 0.29) is 30.7 Å². The molecule has 1 aromatic carbocycles. The van der Waals surface area contributed by atoms with Gasteiger partial charge < -0.3 is 29.3 Å². The molecule has 0 aliphatic carbocycles. The van der Waals surface area contributed by atoms with Crippen LogP contribution < -0.4 is 4.90 Å². The van der Waals surface area contributed by atoms with Crippen LogP contribution in [0.15, 0.2) is 18.2 Å². The predicted molar refractivity (Wildman–Crippen MR) is 124 cm³/mol. The normalized spacial score (nSPS) is 11.7. The van der Waals surface area contributed by atoms with Crippen molar-refractivity contribution in [1.82, 2.24) is 0 Å². The summed E-state index contributed by atoms with van der Waals surface area (Å²) in [5.41, 5.74) is 1.97. The minimum Gasteiger partial charge on any atom is -0.392 e. The molecule has 1 rings (SSSR count). The minimum atomic E-state index is -0.159. The average Bonchev–Trinajstić information content (AvgIpc) is 2.73. The van der Waals surface area contributed by atoms with Gasteiger partial charge in [0.2, 0.25) is 5.91 Å². The van der Waals surface area contributed by atoms with Gasteiger partial charge in [0, 0.05) is 30.5 Å². The summed E-state index contributed by atoms with van der Waals surface area (Å²) < 4.78 is 15.6. The molecule has 0 saturated heterocycles. The second kappa shape index (κ2) is 15.1. The van der Waals surface area contributed by atoms with Gasteiger partial charge in [0.05, 0.1) is 33.0 Å². The van der Waals surface area contributed by atoms with Crippen molar-refractivity contribution in [2.45, 2.75) is 44.6 Å². The van der Waals surface area contributed by atoms with Gasteiger partial charge in [0.1, 0.15) is 6.79 Å². The summed E-state index contributed by atoms with van der Waals surface area (Å²) >= 11 is 0. The number of nitrogens with zero attached hydrogens (tertiary/aromatic N) is 1. The lowest BCUT2D eigenvalue weighted by Gasteiger charge is -2.27. The third-order valence-corrected chi connectivity index (χ3v) is 6.97. The highest BCUT2D eigenvalue weighted by molar-refractivity contribution is 8.76. The van der Waals surface area contributed by atoms with Crippen LogP contribution in [0.3, 0.4) is 0 Å². The van der Waals surface area contributed by atoms with Gasteiger partial charge in [-0.3, -0.25) is 4.79 Å². The maximum atomic E-state index is 13.1. The maximum Gasteiger partial charge on any atom is 0.227 e. The van der Waals surface area contributed by atoms with Crippen LogP contribution in [0.2, 0.25) is 0 Å². The van der Waals surface area contributed by atoms with Crippen molar-refractivity contribution in [3.63, 3.8) is 0 Å². The predicted octanol–water partition coefficient (Wildman–Crippen LogP) is 3.21. The van der Waals surface area contributed by atoms with Crippen LogP contribution in [-0.2, 0) is 32.2 Å². The molecule has 0 spiro atoms. The van der Waals surface area contributed by atoms with Gasteiger partial charge in [-0.15, -0.1) is 0 Å². The Balaban J connectivity index is 2.84. The van der Waals surface area contributed by atoms with Crippen LogP contribution in [-0.4, -0.2) is 67.4 Å². The molecule has 0 unspecified atom stereocenters. The maximum absolute atomic E-state index is 13.1. The fourth-order valence-corrected chi connectivity index (χ4v) is 5.05. The van der Waals surface area contributed by atoms with E-state index in [1.54, 1.807) is 51.8 Å². The van der Waals surface area contributed by atoms with E-state index in [9.17, 15) is 15.0 Å². The highest BCUT2D eigenvalue weighted by Gasteiger charge is 2.23. The van der Waals surface area contributed by atoms with Crippen molar-refractivity contribution in [3.8, 4) is 0 Å². The van der Waals surface area contributed by atoms with Crippen molar-refractivity contribution in [3.05, 3.63) is 29.3 Å². The van der Waals surface area contributed by atoms with Crippen LogP contribution in [0.1, 0.15) is 37.8 Å².